The van der Waals surface area contributed by atoms with E-state index in [1.165, 1.54) is 18.2 Å². The van der Waals surface area contributed by atoms with E-state index in [1.54, 1.807) is 18.2 Å². The summed E-state index contributed by atoms with van der Waals surface area (Å²) in [6, 6.07) is 16.7. The van der Waals surface area contributed by atoms with Crippen LogP contribution >= 0.6 is 0 Å². The summed E-state index contributed by atoms with van der Waals surface area (Å²) in [4.78, 5) is 0. The lowest BCUT2D eigenvalue weighted by molar-refractivity contribution is -0.0500. The number of nitrogens with zero attached hydrogens (tertiary/aromatic N) is 1. The summed E-state index contributed by atoms with van der Waals surface area (Å²) in [5.74, 6) is 0.820. The van der Waals surface area contributed by atoms with E-state index in [1.807, 2.05) is 28.8 Å². The fourth-order valence-corrected chi connectivity index (χ4v) is 3.87. The predicted molar refractivity (Wildman–Crippen MR) is 96.5 cm³/mol. The van der Waals surface area contributed by atoms with Crippen molar-refractivity contribution in [2.75, 3.05) is 0 Å². The summed E-state index contributed by atoms with van der Waals surface area (Å²) >= 11 is 0. The van der Waals surface area contributed by atoms with E-state index in [0.717, 1.165) is 11.2 Å². The second-order valence-electron chi connectivity index (χ2n) is 6.22. The predicted octanol–water partition coefficient (Wildman–Crippen LogP) is 5.12. The van der Waals surface area contributed by atoms with Crippen LogP contribution in [0, 0.1) is 0 Å². The van der Waals surface area contributed by atoms with Crippen LogP contribution in [0.25, 0.3) is 27.5 Å². The highest BCUT2D eigenvalue weighted by molar-refractivity contribution is 7.88. The van der Waals surface area contributed by atoms with Crippen LogP contribution < -0.4 is 8.92 Å². The third kappa shape index (κ3) is 2.29. The van der Waals surface area contributed by atoms with Gasteiger partial charge in [-0.1, -0.05) is 24.3 Å². The van der Waals surface area contributed by atoms with E-state index in [0.29, 0.717) is 27.8 Å². The molecule has 1 aliphatic heterocycles. The number of hydrogen-bond donors (Lipinski definition) is 0. The molecule has 0 atom stereocenters. The normalized spacial score (nSPS) is 13.4. The molecule has 3 aromatic carbocycles. The van der Waals surface area contributed by atoms with E-state index < -0.39 is 21.4 Å². The molecule has 0 N–H and O–H groups in total. The quantitative estimate of drug-likeness (QED) is 0.302. The molecule has 0 saturated carbocycles. The maximum absolute atomic E-state index is 12.6. The number of para-hydroxylation sites is 3. The first-order valence-electron chi connectivity index (χ1n) is 8.11. The fraction of sp³-hybridized carbons (Fsp3) is 0.0526. The molecule has 1 aromatic heterocycles. The molecule has 28 heavy (non-hydrogen) atoms. The molecule has 0 saturated heterocycles. The second kappa shape index (κ2) is 5.41. The van der Waals surface area contributed by atoms with Crippen LogP contribution in [0.3, 0.4) is 0 Å². The lowest BCUT2D eigenvalue weighted by atomic mass is 10.1. The van der Waals surface area contributed by atoms with Gasteiger partial charge in [-0.3, -0.25) is 0 Å². The van der Waals surface area contributed by atoms with Crippen molar-refractivity contribution in [3.05, 3.63) is 60.7 Å². The highest BCUT2D eigenvalue weighted by atomic mass is 32.2. The van der Waals surface area contributed by atoms with Crippen LogP contribution in [0.1, 0.15) is 0 Å². The molecule has 0 aliphatic carbocycles. The first kappa shape index (κ1) is 16.9. The van der Waals surface area contributed by atoms with Crippen LogP contribution in [0.15, 0.2) is 60.7 Å². The fourth-order valence-electron chi connectivity index (χ4n) is 3.42. The Kier molecular flexibility index (Phi) is 3.28. The van der Waals surface area contributed by atoms with Gasteiger partial charge in [0.1, 0.15) is 5.75 Å². The third-order valence-corrected chi connectivity index (χ3v) is 5.52. The van der Waals surface area contributed by atoms with Gasteiger partial charge in [0, 0.05) is 10.8 Å². The van der Waals surface area contributed by atoms with Crippen LogP contribution in [0.4, 0.5) is 13.2 Å². The van der Waals surface area contributed by atoms with Gasteiger partial charge < -0.3 is 13.5 Å². The molecule has 0 amide bonds. The number of ether oxygens (including phenoxy) is 1. The minimum atomic E-state index is -5.75. The largest absolute Gasteiger partial charge is 0.534 e. The number of hydrogen-bond acceptors (Lipinski definition) is 4. The molecule has 4 aromatic rings. The molecule has 142 valence electrons. The zero-order valence-electron chi connectivity index (χ0n) is 13.9. The van der Waals surface area contributed by atoms with Crippen molar-refractivity contribution in [3.8, 4) is 22.9 Å². The van der Waals surface area contributed by atoms with E-state index >= 15 is 0 Å². The van der Waals surface area contributed by atoms with Gasteiger partial charge in [-0.05, 0) is 36.4 Å². The van der Waals surface area contributed by atoms with Crippen molar-refractivity contribution in [3.63, 3.8) is 0 Å². The Morgan fingerprint density at radius 1 is 0.893 bits per heavy atom. The highest BCUT2D eigenvalue weighted by Gasteiger charge is 2.48. The first-order chi connectivity index (χ1) is 13.3. The Bertz CT molecular complexity index is 1370. The number of aromatic nitrogens is 1. The zero-order chi connectivity index (χ0) is 19.7. The average Bonchev–Trinajstić information content (AvgIpc) is 2.97. The molecular weight excluding hydrogens is 395 g/mol. The summed E-state index contributed by atoms with van der Waals surface area (Å²) in [5.41, 5.74) is -3.29. The minimum Gasteiger partial charge on any atom is -0.453 e. The smallest absolute Gasteiger partial charge is 0.453 e. The molecule has 0 spiro atoms. The molecular formula is C19H10F3NO4S. The summed E-state index contributed by atoms with van der Waals surface area (Å²) in [6.45, 7) is 0. The highest BCUT2D eigenvalue weighted by Crippen LogP contribution is 2.45. The number of rotatable bonds is 2. The van der Waals surface area contributed by atoms with Gasteiger partial charge in [0.2, 0.25) is 0 Å². The van der Waals surface area contributed by atoms with Crippen LogP contribution in [-0.2, 0) is 10.1 Å². The molecule has 1 aliphatic rings. The lowest BCUT2D eigenvalue weighted by Gasteiger charge is -2.20. The van der Waals surface area contributed by atoms with Crippen LogP contribution in [-0.4, -0.2) is 18.5 Å². The maximum atomic E-state index is 12.6. The average molecular weight is 405 g/mol. The van der Waals surface area contributed by atoms with Gasteiger partial charge in [0.15, 0.2) is 11.5 Å². The van der Waals surface area contributed by atoms with Crippen LogP contribution in [0.2, 0.25) is 0 Å². The first-order valence-corrected chi connectivity index (χ1v) is 9.52. The van der Waals surface area contributed by atoms with Gasteiger partial charge in [-0.2, -0.15) is 21.6 Å². The molecule has 5 rings (SSSR count). The number of halogens is 3. The Morgan fingerprint density at radius 2 is 1.64 bits per heavy atom. The number of alkyl halides is 3. The van der Waals surface area contributed by atoms with Gasteiger partial charge >= 0.3 is 15.6 Å². The van der Waals surface area contributed by atoms with E-state index in [4.69, 9.17) is 4.74 Å². The zero-order valence-corrected chi connectivity index (χ0v) is 14.7. The van der Waals surface area contributed by atoms with Crippen LogP contribution in [0.5, 0.6) is 17.2 Å². The van der Waals surface area contributed by atoms with Crippen molar-refractivity contribution in [1.29, 1.82) is 0 Å². The number of fused-ring (bicyclic) bond motifs is 5. The van der Waals surface area contributed by atoms with E-state index in [-0.39, 0.29) is 0 Å². The van der Waals surface area contributed by atoms with Gasteiger partial charge in [0.25, 0.3) is 0 Å². The van der Waals surface area contributed by atoms with Gasteiger partial charge in [-0.25, -0.2) is 0 Å². The minimum absolute atomic E-state index is 0.414. The molecule has 0 radical (unpaired) electrons. The number of benzene rings is 3. The topological polar surface area (TPSA) is 57.5 Å². The molecule has 2 heterocycles. The Labute approximate surface area is 156 Å². The standard InChI is InChI=1S/C19H10F3NO4S/c20-19(21,22)28(24,25)27-11-8-9-14-13(10-11)12-4-3-7-17-18(12)23(14)15-5-1-2-6-16(15)26-17/h1-10H. The molecule has 5 nitrogen and oxygen atoms in total. The van der Waals surface area contributed by atoms with Crippen molar-refractivity contribution in [2.24, 2.45) is 0 Å². The lowest BCUT2D eigenvalue weighted by Crippen LogP contribution is -2.28. The molecule has 0 bridgehead atoms. The van der Waals surface area contributed by atoms with Crippen molar-refractivity contribution in [1.82, 2.24) is 4.57 Å². The Morgan fingerprint density at radius 3 is 2.43 bits per heavy atom. The summed E-state index contributed by atoms with van der Waals surface area (Å²) < 4.78 is 72.7. The Balaban J connectivity index is 1.78. The molecule has 0 fully saturated rings. The summed E-state index contributed by atoms with van der Waals surface area (Å²) in [5, 5.41) is 1.25. The Hall–Kier alpha value is -3.20. The SMILES string of the molecule is O=S(=O)(Oc1ccc2c(c1)c1cccc3c1n2-c1ccccc1O3)C(F)(F)F. The summed E-state index contributed by atoms with van der Waals surface area (Å²) in [6.07, 6.45) is 0. The summed E-state index contributed by atoms with van der Waals surface area (Å²) in [7, 11) is -5.75. The van der Waals surface area contributed by atoms with E-state index in [2.05, 4.69) is 4.18 Å². The third-order valence-electron chi connectivity index (χ3n) is 4.54. The second-order valence-corrected chi connectivity index (χ2v) is 7.76. The van der Waals surface area contributed by atoms with Crippen molar-refractivity contribution >= 4 is 31.9 Å². The van der Waals surface area contributed by atoms with Crippen molar-refractivity contribution in [2.45, 2.75) is 5.51 Å². The molecule has 9 heteroatoms. The maximum Gasteiger partial charge on any atom is 0.534 e. The monoisotopic (exact) mass is 405 g/mol. The van der Waals surface area contributed by atoms with E-state index in [9.17, 15) is 21.6 Å². The molecule has 0 unspecified atom stereocenters. The van der Waals surface area contributed by atoms with Gasteiger partial charge in [0.05, 0.1) is 16.7 Å². The van der Waals surface area contributed by atoms with Crippen molar-refractivity contribution < 1.29 is 30.5 Å². The van der Waals surface area contributed by atoms with Gasteiger partial charge in [-0.15, -0.1) is 0 Å².